The number of H-pyrrole nitrogens is 1. The van der Waals surface area contributed by atoms with Crippen LogP contribution in [0.5, 0.6) is 0 Å². The zero-order valence-corrected chi connectivity index (χ0v) is 12.4. The van der Waals surface area contributed by atoms with Crippen LogP contribution in [0.4, 0.5) is 10.1 Å². The SMILES string of the molecule is Fc1cc(CNc2cccc(-c3nn[nH]n3)c2)ccc1Br. The number of aromatic nitrogens is 4. The fourth-order valence-electron chi connectivity index (χ4n) is 1.91. The summed E-state index contributed by atoms with van der Waals surface area (Å²) in [4.78, 5) is 0. The maximum atomic E-state index is 13.5. The second-order valence-electron chi connectivity index (χ2n) is 4.42. The smallest absolute Gasteiger partial charge is 0.204 e. The first kappa shape index (κ1) is 13.7. The third-order valence-electron chi connectivity index (χ3n) is 2.95. The van der Waals surface area contributed by atoms with Gasteiger partial charge < -0.3 is 5.32 Å². The minimum Gasteiger partial charge on any atom is -0.381 e. The summed E-state index contributed by atoms with van der Waals surface area (Å²) in [5, 5.41) is 17.1. The van der Waals surface area contributed by atoms with Crippen LogP contribution in [0.2, 0.25) is 0 Å². The maximum Gasteiger partial charge on any atom is 0.204 e. The van der Waals surface area contributed by atoms with Crippen molar-refractivity contribution in [3.8, 4) is 11.4 Å². The van der Waals surface area contributed by atoms with Gasteiger partial charge in [-0.2, -0.15) is 5.21 Å². The lowest BCUT2D eigenvalue weighted by Gasteiger charge is -2.08. The molecule has 0 bridgehead atoms. The van der Waals surface area contributed by atoms with Gasteiger partial charge in [0.15, 0.2) is 0 Å². The average Bonchev–Trinajstić information content (AvgIpc) is 3.03. The van der Waals surface area contributed by atoms with Gasteiger partial charge in [0.1, 0.15) is 5.82 Å². The number of aromatic amines is 1. The molecule has 3 rings (SSSR count). The van der Waals surface area contributed by atoms with Gasteiger partial charge in [-0.1, -0.05) is 18.2 Å². The monoisotopic (exact) mass is 347 g/mol. The molecule has 0 atom stereocenters. The molecule has 0 fully saturated rings. The summed E-state index contributed by atoms with van der Waals surface area (Å²) < 4.78 is 13.9. The van der Waals surface area contributed by atoms with E-state index >= 15 is 0 Å². The van der Waals surface area contributed by atoms with Crippen LogP contribution in [0.1, 0.15) is 5.56 Å². The topological polar surface area (TPSA) is 66.5 Å². The molecule has 2 N–H and O–H groups in total. The second kappa shape index (κ2) is 6.01. The Morgan fingerprint density at radius 2 is 2.10 bits per heavy atom. The Morgan fingerprint density at radius 3 is 2.86 bits per heavy atom. The van der Waals surface area contributed by atoms with Crippen LogP contribution >= 0.6 is 15.9 Å². The Balaban J connectivity index is 1.73. The number of hydrogen-bond donors (Lipinski definition) is 2. The number of halogens is 2. The van der Waals surface area contributed by atoms with Crippen molar-refractivity contribution in [2.45, 2.75) is 6.54 Å². The minimum atomic E-state index is -0.269. The van der Waals surface area contributed by atoms with Gasteiger partial charge in [-0.15, -0.1) is 10.2 Å². The van der Waals surface area contributed by atoms with E-state index in [9.17, 15) is 4.39 Å². The van der Waals surface area contributed by atoms with Gasteiger partial charge in [0.2, 0.25) is 5.82 Å². The van der Waals surface area contributed by atoms with Gasteiger partial charge in [-0.3, -0.25) is 0 Å². The van der Waals surface area contributed by atoms with E-state index in [2.05, 4.69) is 41.9 Å². The first-order valence-electron chi connectivity index (χ1n) is 6.24. The molecule has 3 aromatic rings. The zero-order chi connectivity index (χ0) is 14.7. The Bertz CT molecular complexity index is 745. The Kier molecular flexibility index (Phi) is 3.92. The van der Waals surface area contributed by atoms with Crippen molar-refractivity contribution >= 4 is 21.6 Å². The number of anilines is 1. The number of rotatable bonds is 4. The highest BCUT2D eigenvalue weighted by Crippen LogP contribution is 2.20. The Hall–Kier alpha value is -2.28. The van der Waals surface area contributed by atoms with Crippen molar-refractivity contribution in [1.82, 2.24) is 20.6 Å². The number of nitrogens with one attached hydrogen (secondary N) is 2. The molecule has 106 valence electrons. The van der Waals surface area contributed by atoms with Gasteiger partial charge in [-0.05, 0) is 51.0 Å². The molecular weight excluding hydrogens is 337 g/mol. The van der Waals surface area contributed by atoms with Crippen molar-refractivity contribution in [1.29, 1.82) is 0 Å². The molecule has 0 aliphatic carbocycles. The summed E-state index contributed by atoms with van der Waals surface area (Å²) in [6.07, 6.45) is 0. The van der Waals surface area contributed by atoms with E-state index in [1.165, 1.54) is 6.07 Å². The van der Waals surface area contributed by atoms with E-state index in [-0.39, 0.29) is 5.82 Å². The number of tetrazole rings is 1. The van der Waals surface area contributed by atoms with Crippen LogP contribution in [-0.2, 0) is 6.54 Å². The third-order valence-corrected chi connectivity index (χ3v) is 3.59. The molecule has 7 heteroatoms. The highest BCUT2D eigenvalue weighted by atomic mass is 79.9. The first-order chi connectivity index (χ1) is 10.2. The summed E-state index contributed by atoms with van der Waals surface area (Å²) in [6.45, 7) is 0.528. The van der Waals surface area contributed by atoms with Gasteiger partial charge >= 0.3 is 0 Å². The summed E-state index contributed by atoms with van der Waals surface area (Å²) in [6, 6.07) is 12.7. The van der Waals surface area contributed by atoms with Crippen LogP contribution in [0, 0.1) is 5.82 Å². The third kappa shape index (κ3) is 3.25. The predicted octanol–water partition coefficient (Wildman–Crippen LogP) is 3.38. The van der Waals surface area contributed by atoms with E-state index in [1.54, 1.807) is 6.07 Å². The zero-order valence-electron chi connectivity index (χ0n) is 10.8. The van der Waals surface area contributed by atoms with E-state index in [0.29, 0.717) is 16.8 Å². The number of benzene rings is 2. The van der Waals surface area contributed by atoms with E-state index in [0.717, 1.165) is 16.8 Å². The largest absolute Gasteiger partial charge is 0.381 e. The van der Waals surface area contributed by atoms with Crippen LogP contribution in [0.15, 0.2) is 46.9 Å². The molecule has 0 saturated heterocycles. The van der Waals surface area contributed by atoms with Gasteiger partial charge in [0.25, 0.3) is 0 Å². The lowest BCUT2D eigenvalue weighted by atomic mass is 10.1. The molecule has 0 radical (unpaired) electrons. The van der Waals surface area contributed by atoms with Crippen molar-refractivity contribution < 1.29 is 4.39 Å². The van der Waals surface area contributed by atoms with Crippen molar-refractivity contribution in [2.75, 3.05) is 5.32 Å². The fraction of sp³-hybridized carbons (Fsp3) is 0.0714. The fourth-order valence-corrected chi connectivity index (χ4v) is 2.15. The summed E-state index contributed by atoms with van der Waals surface area (Å²) in [7, 11) is 0. The van der Waals surface area contributed by atoms with Gasteiger partial charge in [-0.25, -0.2) is 4.39 Å². The predicted molar refractivity (Wildman–Crippen MR) is 81.0 cm³/mol. The molecular formula is C14H11BrFN5. The van der Waals surface area contributed by atoms with Crippen molar-refractivity contribution in [2.24, 2.45) is 0 Å². The van der Waals surface area contributed by atoms with E-state index in [1.807, 2.05) is 30.3 Å². The summed E-state index contributed by atoms with van der Waals surface area (Å²) in [5.41, 5.74) is 2.62. The highest BCUT2D eigenvalue weighted by molar-refractivity contribution is 9.10. The molecule has 5 nitrogen and oxygen atoms in total. The molecule has 2 aromatic carbocycles. The Morgan fingerprint density at radius 1 is 1.19 bits per heavy atom. The van der Waals surface area contributed by atoms with Crippen molar-refractivity contribution in [3.05, 3.63) is 58.3 Å². The molecule has 1 heterocycles. The molecule has 0 saturated carbocycles. The van der Waals surface area contributed by atoms with Crippen LogP contribution in [0.25, 0.3) is 11.4 Å². The summed E-state index contributed by atoms with van der Waals surface area (Å²) >= 11 is 3.14. The van der Waals surface area contributed by atoms with E-state index in [4.69, 9.17) is 0 Å². The molecule has 0 aliphatic heterocycles. The quantitative estimate of drug-likeness (QED) is 0.759. The van der Waals surface area contributed by atoms with Crippen LogP contribution < -0.4 is 5.32 Å². The van der Waals surface area contributed by atoms with E-state index < -0.39 is 0 Å². The maximum absolute atomic E-state index is 13.5. The standard InChI is InChI=1S/C14H11BrFN5/c15-12-5-4-9(6-13(12)16)8-17-11-3-1-2-10(7-11)14-18-20-21-19-14/h1-7,17H,8H2,(H,18,19,20,21). The van der Waals surface area contributed by atoms with Crippen LogP contribution in [0.3, 0.4) is 0 Å². The first-order valence-corrected chi connectivity index (χ1v) is 7.03. The van der Waals surface area contributed by atoms with Gasteiger partial charge in [0, 0.05) is 17.8 Å². The molecule has 0 amide bonds. The molecule has 0 aliphatic rings. The lowest BCUT2D eigenvalue weighted by Crippen LogP contribution is -2.00. The molecule has 21 heavy (non-hydrogen) atoms. The average molecular weight is 348 g/mol. The lowest BCUT2D eigenvalue weighted by molar-refractivity contribution is 0.619. The molecule has 0 unspecified atom stereocenters. The Labute approximate surface area is 128 Å². The second-order valence-corrected chi connectivity index (χ2v) is 5.27. The number of nitrogens with zero attached hydrogens (tertiary/aromatic N) is 3. The van der Waals surface area contributed by atoms with Gasteiger partial charge in [0.05, 0.1) is 4.47 Å². The van der Waals surface area contributed by atoms with Crippen molar-refractivity contribution in [3.63, 3.8) is 0 Å². The minimum absolute atomic E-state index is 0.269. The summed E-state index contributed by atoms with van der Waals surface area (Å²) in [5.74, 6) is 0.267. The highest BCUT2D eigenvalue weighted by Gasteiger charge is 2.04. The van der Waals surface area contributed by atoms with Crippen LogP contribution in [-0.4, -0.2) is 20.6 Å². The normalized spacial score (nSPS) is 10.6. The molecule has 1 aromatic heterocycles. The molecule has 0 spiro atoms. The number of hydrogen-bond acceptors (Lipinski definition) is 4.